The van der Waals surface area contributed by atoms with Crippen LogP contribution in [0, 0.1) is 18.6 Å². The lowest BCUT2D eigenvalue weighted by molar-refractivity contribution is 0.0925. The number of methoxy groups -OCH3 is 1. The number of pyridine rings is 1. The number of aryl methyl sites for hydroxylation is 1. The Bertz CT molecular complexity index is 1170. The number of anilines is 1. The molecule has 4 rings (SSSR count). The normalized spacial score (nSPS) is 13.0. The number of benzene rings is 2. The molecule has 1 aliphatic rings. The Morgan fingerprint density at radius 1 is 1.00 bits per heavy atom. The lowest BCUT2D eigenvalue weighted by atomic mass is 10.1. The number of fused-ring (bicyclic) bond motifs is 1. The fraction of sp³-hybridized carbons (Fsp3) is 0.136. The monoisotopic (exact) mass is 426 g/mol. The fourth-order valence-electron chi connectivity index (χ4n) is 3.20. The molecule has 1 aliphatic heterocycles. The third kappa shape index (κ3) is 3.54. The summed E-state index contributed by atoms with van der Waals surface area (Å²) in [5.74, 6) is -1.89. The van der Waals surface area contributed by atoms with Gasteiger partial charge in [-0.25, -0.2) is 18.7 Å². The molecule has 0 radical (unpaired) electrons. The van der Waals surface area contributed by atoms with Gasteiger partial charge in [0.15, 0.2) is 11.6 Å². The van der Waals surface area contributed by atoms with E-state index in [0.717, 1.165) is 17.0 Å². The highest BCUT2D eigenvalue weighted by Gasteiger charge is 2.39. The van der Waals surface area contributed by atoms with Gasteiger partial charge in [-0.05, 0) is 55.0 Å². The van der Waals surface area contributed by atoms with Crippen LogP contribution >= 0.6 is 11.8 Å². The Kier molecular flexibility index (Phi) is 5.26. The Morgan fingerprint density at radius 3 is 2.40 bits per heavy atom. The first kappa shape index (κ1) is 20.0. The molecule has 8 heteroatoms. The molecule has 0 aliphatic carbocycles. The van der Waals surface area contributed by atoms with Crippen molar-refractivity contribution in [2.24, 2.45) is 0 Å². The molecule has 0 unspecified atom stereocenters. The van der Waals surface area contributed by atoms with Crippen molar-refractivity contribution in [3.05, 3.63) is 82.5 Å². The number of aromatic nitrogens is 1. The minimum absolute atomic E-state index is 0.217. The minimum atomic E-state index is -0.938. The molecule has 0 atom stereocenters. The molecule has 0 saturated heterocycles. The highest BCUT2D eigenvalue weighted by molar-refractivity contribution is 7.98. The van der Waals surface area contributed by atoms with E-state index < -0.39 is 23.4 Å². The van der Waals surface area contributed by atoms with Crippen molar-refractivity contribution in [2.75, 3.05) is 12.0 Å². The van der Waals surface area contributed by atoms with E-state index in [0.29, 0.717) is 27.7 Å². The van der Waals surface area contributed by atoms with Gasteiger partial charge in [-0.2, -0.15) is 0 Å². The van der Waals surface area contributed by atoms with Crippen LogP contribution in [0.5, 0.6) is 5.75 Å². The molecule has 2 amide bonds. The zero-order valence-electron chi connectivity index (χ0n) is 16.1. The number of carbonyl (C=O) groups is 2. The molecule has 3 aromatic rings. The fourth-order valence-corrected chi connectivity index (χ4v) is 4.23. The van der Waals surface area contributed by atoms with E-state index in [4.69, 9.17) is 4.74 Å². The maximum atomic E-state index is 13.5. The van der Waals surface area contributed by atoms with Gasteiger partial charge >= 0.3 is 0 Å². The van der Waals surface area contributed by atoms with Gasteiger partial charge in [0.1, 0.15) is 10.8 Å². The lowest BCUT2D eigenvalue weighted by Gasteiger charge is -2.14. The summed E-state index contributed by atoms with van der Waals surface area (Å²) in [6.07, 6.45) is 0. The number of amides is 2. The third-order valence-corrected chi connectivity index (χ3v) is 5.70. The van der Waals surface area contributed by atoms with Gasteiger partial charge in [0, 0.05) is 11.4 Å². The lowest BCUT2D eigenvalue weighted by Crippen LogP contribution is -2.29. The first-order chi connectivity index (χ1) is 14.4. The minimum Gasteiger partial charge on any atom is -0.497 e. The number of ether oxygens (including phenoxy) is 1. The van der Waals surface area contributed by atoms with Crippen molar-refractivity contribution in [1.29, 1.82) is 0 Å². The number of halogens is 2. The second-order valence-corrected chi connectivity index (χ2v) is 7.64. The van der Waals surface area contributed by atoms with Crippen molar-refractivity contribution in [3.8, 4) is 5.75 Å². The summed E-state index contributed by atoms with van der Waals surface area (Å²) >= 11 is 1.20. The highest BCUT2D eigenvalue weighted by atomic mass is 32.2. The predicted molar refractivity (Wildman–Crippen MR) is 109 cm³/mol. The maximum absolute atomic E-state index is 13.5. The second kappa shape index (κ2) is 7.87. The van der Waals surface area contributed by atoms with Gasteiger partial charge in [0.2, 0.25) is 0 Å². The zero-order valence-corrected chi connectivity index (χ0v) is 16.9. The van der Waals surface area contributed by atoms with Crippen LogP contribution < -0.4 is 9.64 Å². The standard InChI is InChI=1S/C22H16F2N2O3S/c1-12-9-16-19(20(25-12)30-11-13-3-8-17(23)18(24)10-13)22(28)26(21(16)27)14-4-6-15(29-2)7-5-14/h3-10H,11H2,1-2H3. The van der Waals surface area contributed by atoms with Gasteiger partial charge < -0.3 is 4.74 Å². The van der Waals surface area contributed by atoms with E-state index >= 15 is 0 Å². The Hall–Kier alpha value is -3.26. The summed E-state index contributed by atoms with van der Waals surface area (Å²) in [4.78, 5) is 31.6. The Balaban J connectivity index is 1.66. The third-order valence-electron chi connectivity index (χ3n) is 4.65. The number of hydrogen-bond donors (Lipinski definition) is 0. The molecule has 1 aromatic heterocycles. The van der Waals surface area contributed by atoms with Crippen LogP contribution in [0.2, 0.25) is 0 Å². The predicted octanol–water partition coefficient (Wildman–Crippen LogP) is 4.77. The van der Waals surface area contributed by atoms with Crippen LogP contribution in [-0.2, 0) is 5.75 Å². The van der Waals surface area contributed by atoms with Crippen LogP contribution in [0.1, 0.15) is 32.0 Å². The van der Waals surface area contributed by atoms with Crippen molar-refractivity contribution in [1.82, 2.24) is 4.98 Å². The van der Waals surface area contributed by atoms with Crippen molar-refractivity contribution in [3.63, 3.8) is 0 Å². The molecule has 5 nitrogen and oxygen atoms in total. The van der Waals surface area contributed by atoms with Crippen LogP contribution in [0.4, 0.5) is 14.5 Å². The first-order valence-electron chi connectivity index (χ1n) is 9.00. The van der Waals surface area contributed by atoms with Gasteiger partial charge in [-0.15, -0.1) is 11.8 Å². The SMILES string of the molecule is COc1ccc(N2C(=O)c3cc(C)nc(SCc4ccc(F)c(F)c4)c3C2=O)cc1. The van der Waals surface area contributed by atoms with Crippen LogP contribution in [0.3, 0.4) is 0 Å². The average molecular weight is 426 g/mol. The molecule has 2 aromatic carbocycles. The van der Waals surface area contributed by atoms with Gasteiger partial charge in [-0.1, -0.05) is 6.07 Å². The molecule has 0 fully saturated rings. The highest BCUT2D eigenvalue weighted by Crippen LogP contribution is 2.36. The number of carbonyl (C=O) groups excluding carboxylic acids is 2. The van der Waals surface area contributed by atoms with E-state index in [1.165, 1.54) is 24.9 Å². The van der Waals surface area contributed by atoms with E-state index in [1.54, 1.807) is 37.3 Å². The molecular formula is C22H16F2N2O3S. The van der Waals surface area contributed by atoms with E-state index in [9.17, 15) is 18.4 Å². The number of thioether (sulfide) groups is 1. The van der Waals surface area contributed by atoms with E-state index in [2.05, 4.69) is 4.98 Å². The number of imide groups is 1. The first-order valence-corrected chi connectivity index (χ1v) is 9.99. The van der Waals surface area contributed by atoms with Gasteiger partial charge in [0.05, 0.1) is 23.9 Å². The van der Waals surface area contributed by atoms with Gasteiger partial charge in [0.25, 0.3) is 11.8 Å². The zero-order chi connectivity index (χ0) is 21.4. The van der Waals surface area contributed by atoms with Crippen LogP contribution in [0.15, 0.2) is 53.6 Å². The number of hydrogen-bond acceptors (Lipinski definition) is 5. The number of rotatable bonds is 5. The number of nitrogens with zero attached hydrogens (tertiary/aromatic N) is 2. The quantitative estimate of drug-likeness (QED) is 0.435. The molecule has 0 spiro atoms. The second-order valence-electron chi connectivity index (χ2n) is 6.67. The molecule has 0 N–H and O–H groups in total. The Labute approximate surface area is 175 Å². The summed E-state index contributed by atoms with van der Waals surface area (Å²) in [5.41, 5.74) is 2.04. The molecule has 2 heterocycles. The summed E-state index contributed by atoms with van der Waals surface area (Å²) in [6, 6.07) is 11.8. The molecule has 0 bridgehead atoms. The van der Waals surface area contributed by atoms with Crippen molar-refractivity contribution < 1.29 is 23.1 Å². The summed E-state index contributed by atoms with van der Waals surface area (Å²) < 4.78 is 31.8. The summed E-state index contributed by atoms with van der Waals surface area (Å²) in [7, 11) is 1.53. The summed E-state index contributed by atoms with van der Waals surface area (Å²) in [5, 5.41) is 0.379. The maximum Gasteiger partial charge on any atom is 0.268 e. The van der Waals surface area contributed by atoms with E-state index in [-0.39, 0.29) is 16.9 Å². The molecule has 152 valence electrons. The molecule has 0 saturated carbocycles. The smallest absolute Gasteiger partial charge is 0.268 e. The van der Waals surface area contributed by atoms with Crippen LogP contribution in [0.25, 0.3) is 0 Å². The Morgan fingerprint density at radius 2 is 1.73 bits per heavy atom. The largest absolute Gasteiger partial charge is 0.497 e. The average Bonchev–Trinajstić information content (AvgIpc) is 2.99. The van der Waals surface area contributed by atoms with Gasteiger partial charge in [-0.3, -0.25) is 9.59 Å². The van der Waals surface area contributed by atoms with Crippen molar-refractivity contribution >= 4 is 29.3 Å². The van der Waals surface area contributed by atoms with Crippen molar-refractivity contribution in [2.45, 2.75) is 17.7 Å². The summed E-state index contributed by atoms with van der Waals surface area (Å²) in [6.45, 7) is 1.73. The van der Waals surface area contributed by atoms with Crippen LogP contribution in [-0.4, -0.2) is 23.9 Å². The van der Waals surface area contributed by atoms with E-state index in [1.807, 2.05) is 0 Å². The molecular weight excluding hydrogens is 410 g/mol. The molecule has 30 heavy (non-hydrogen) atoms. The topological polar surface area (TPSA) is 59.5 Å².